The fourth-order valence-corrected chi connectivity index (χ4v) is 5.45. The van der Waals surface area contributed by atoms with Gasteiger partial charge in [0.25, 0.3) is 0 Å². The summed E-state index contributed by atoms with van der Waals surface area (Å²) in [4.78, 5) is 2.17. The Labute approximate surface area is 157 Å². The highest BCUT2D eigenvalue weighted by molar-refractivity contribution is 7.89. The molecule has 0 unspecified atom stereocenters. The van der Waals surface area contributed by atoms with E-state index in [0.29, 0.717) is 32.7 Å². The zero-order valence-electron chi connectivity index (χ0n) is 14.0. The number of hydrogen-bond acceptors (Lipinski definition) is 5. The number of aryl methyl sites for hydroxylation is 2. The first kappa shape index (κ1) is 18.7. The summed E-state index contributed by atoms with van der Waals surface area (Å²) in [6.07, 6.45) is 0. The zero-order chi connectivity index (χ0) is 18.2. The summed E-state index contributed by atoms with van der Waals surface area (Å²) in [7, 11) is -3.71. The summed E-state index contributed by atoms with van der Waals surface area (Å²) >= 11 is 12.1. The number of nitrogens with zero attached hydrogens (tertiary/aromatic N) is 3. The average Bonchev–Trinajstić information content (AvgIpc) is 2.87. The molecule has 136 valence electrons. The normalized spacial score (nSPS) is 17.1. The molecular formula is C16H19Cl2N3O3S. The van der Waals surface area contributed by atoms with Crippen LogP contribution in [0, 0.1) is 13.8 Å². The van der Waals surface area contributed by atoms with E-state index in [9.17, 15) is 8.42 Å². The molecule has 6 nitrogen and oxygen atoms in total. The van der Waals surface area contributed by atoms with Gasteiger partial charge in [0.1, 0.15) is 10.7 Å². The van der Waals surface area contributed by atoms with Crippen molar-refractivity contribution in [2.24, 2.45) is 0 Å². The molecule has 0 atom stereocenters. The van der Waals surface area contributed by atoms with Gasteiger partial charge in [0.15, 0.2) is 0 Å². The lowest BCUT2D eigenvalue weighted by atomic mass is 10.2. The fourth-order valence-electron chi connectivity index (χ4n) is 2.94. The van der Waals surface area contributed by atoms with Crippen molar-refractivity contribution in [3.8, 4) is 0 Å². The van der Waals surface area contributed by atoms with Gasteiger partial charge in [-0.3, -0.25) is 4.90 Å². The van der Waals surface area contributed by atoms with Gasteiger partial charge >= 0.3 is 0 Å². The summed E-state index contributed by atoms with van der Waals surface area (Å²) in [6.45, 7) is 6.49. The molecule has 1 aliphatic heterocycles. The van der Waals surface area contributed by atoms with Crippen LogP contribution in [0.3, 0.4) is 0 Å². The molecular weight excluding hydrogens is 385 g/mol. The molecule has 0 N–H and O–H groups in total. The lowest BCUT2D eigenvalue weighted by Crippen LogP contribution is -2.48. The molecule has 0 bridgehead atoms. The summed E-state index contributed by atoms with van der Waals surface area (Å²) in [5, 5.41) is 4.25. The van der Waals surface area contributed by atoms with E-state index in [1.54, 1.807) is 6.07 Å². The van der Waals surface area contributed by atoms with Crippen molar-refractivity contribution in [3.63, 3.8) is 0 Å². The van der Waals surface area contributed by atoms with Crippen LogP contribution in [0.2, 0.25) is 10.0 Å². The van der Waals surface area contributed by atoms with Gasteiger partial charge in [-0.1, -0.05) is 34.4 Å². The predicted octanol–water partition coefficient (Wildman–Crippen LogP) is 3.10. The first-order valence-corrected chi connectivity index (χ1v) is 10.1. The minimum atomic E-state index is -3.71. The molecule has 9 heteroatoms. The minimum Gasteiger partial charge on any atom is -0.361 e. The Morgan fingerprint density at radius 1 is 1.12 bits per heavy atom. The Kier molecular flexibility index (Phi) is 5.41. The first-order chi connectivity index (χ1) is 11.8. The third-order valence-electron chi connectivity index (χ3n) is 4.41. The minimum absolute atomic E-state index is 0.0162. The Balaban J connectivity index is 1.72. The largest absolute Gasteiger partial charge is 0.361 e. The van der Waals surface area contributed by atoms with E-state index in [0.717, 1.165) is 17.0 Å². The molecule has 0 spiro atoms. The summed E-state index contributed by atoms with van der Waals surface area (Å²) in [6, 6.07) is 4.70. The van der Waals surface area contributed by atoms with Gasteiger partial charge in [0, 0.05) is 38.3 Å². The van der Waals surface area contributed by atoms with Crippen molar-refractivity contribution < 1.29 is 12.9 Å². The molecule has 3 rings (SSSR count). The molecule has 2 heterocycles. The van der Waals surface area contributed by atoms with Crippen molar-refractivity contribution in [1.29, 1.82) is 0 Å². The van der Waals surface area contributed by atoms with Gasteiger partial charge in [-0.25, -0.2) is 8.42 Å². The predicted molar refractivity (Wildman–Crippen MR) is 96.5 cm³/mol. The van der Waals surface area contributed by atoms with Crippen molar-refractivity contribution in [1.82, 2.24) is 14.4 Å². The molecule has 0 radical (unpaired) electrons. The van der Waals surface area contributed by atoms with E-state index in [-0.39, 0.29) is 14.9 Å². The Morgan fingerprint density at radius 3 is 2.24 bits per heavy atom. The Bertz CT molecular complexity index is 835. The van der Waals surface area contributed by atoms with E-state index in [1.807, 2.05) is 13.8 Å². The Hall–Kier alpha value is -1.12. The van der Waals surface area contributed by atoms with Crippen LogP contribution in [-0.2, 0) is 16.6 Å². The van der Waals surface area contributed by atoms with Crippen LogP contribution in [0.15, 0.2) is 27.6 Å². The van der Waals surface area contributed by atoms with Gasteiger partial charge in [-0.05, 0) is 26.0 Å². The maximum Gasteiger partial charge on any atom is 0.246 e. The molecule has 1 saturated heterocycles. The van der Waals surface area contributed by atoms with Crippen LogP contribution in [-0.4, -0.2) is 49.0 Å². The van der Waals surface area contributed by atoms with Gasteiger partial charge in [-0.15, -0.1) is 0 Å². The second-order valence-corrected chi connectivity index (χ2v) is 8.72. The SMILES string of the molecule is Cc1noc(C)c1CN1CCN(S(=O)(=O)c2c(Cl)cccc2Cl)CC1. The van der Waals surface area contributed by atoms with Gasteiger partial charge < -0.3 is 4.52 Å². The van der Waals surface area contributed by atoms with Crippen molar-refractivity contribution >= 4 is 33.2 Å². The van der Waals surface area contributed by atoms with Gasteiger partial charge in [0.05, 0.1) is 15.7 Å². The van der Waals surface area contributed by atoms with Crippen molar-refractivity contribution in [2.75, 3.05) is 26.2 Å². The summed E-state index contributed by atoms with van der Waals surface area (Å²) in [5.41, 5.74) is 1.93. The van der Waals surface area contributed by atoms with Gasteiger partial charge in [0.2, 0.25) is 10.0 Å². The van der Waals surface area contributed by atoms with Crippen molar-refractivity contribution in [3.05, 3.63) is 45.3 Å². The third kappa shape index (κ3) is 3.71. The van der Waals surface area contributed by atoms with Crippen LogP contribution in [0.5, 0.6) is 0 Å². The quantitative estimate of drug-likeness (QED) is 0.784. The summed E-state index contributed by atoms with van der Waals surface area (Å²) in [5.74, 6) is 0.801. The second-order valence-electron chi connectivity index (χ2n) is 6.03. The van der Waals surface area contributed by atoms with Crippen molar-refractivity contribution in [2.45, 2.75) is 25.3 Å². The van der Waals surface area contributed by atoms with E-state index in [1.165, 1.54) is 16.4 Å². The highest BCUT2D eigenvalue weighted by Gasteiger charge is 2.32. The van der Waals surface area contributed by atoms with Gasteiger partial charge in [-0.2, -0.15) is 4.31 Å². The molecule has 1 aliphatic rings. The first-order valence-electron chi connectivity index (χ1n) is 7.89. The molecule has 1 aromatic heterocycles. The summed E-state index contributed by atoms with van der Waals surface area (Å²) < 4.78 is 32.4. The van der Waals surface area contributed by atoms with Crippen LogP contribution in [0.1, 0.15) is 17.0 Å². The number of hydrogen-bond donors (Lipinski definition) is 0. The topological polar surface area (TPSA) is 66.7 Å². The van der Waals surface area contributed by atoms with E-state index in [4.69, 9.17) is 27.7 Å². The van der Waals surface area contributed by atoms with E-state index < -0.39 is 10.0 Å². The zero-order valence-corrected chi connectivity index (χ0v) is 16.3. The molecule has 0 saturated carbocycles. The average molecular weight is 404 g/mol. The highest BCUT2D eigenvalue weighted by Crippen LogP contribution is 2.32. The lowest BCUT2D eigenvalue weighted by molar-refractivity contribution is 0.180. The van der Waals surface area contributed by atoms with Crippen LogP contribution in [0.4, 0.5) is 0 Å². The smallest absolute Gasteiger partial charge is 0.246 e. The van der Waals surface area contributed by atoms with E-state index in [2.05, 4.69) is 10.1 Å². The van der Waals surface area contributed by atoms with E-state index >= 15 is 0 Å². The molecule has 0 aliphatic carbocycles. The number of piperazine rings is 1. The number of benzene rings is 1. The van der Waals surface area contributed by atoms with Crippen LogP contribution < -0.4 is 0 Å². The maximum atomic E-state index is 12.9. The Morgan fingerprint density at radius 2 is 1.72 bits per heavy atom. The van der Waals surface area contributed by atoms with Crippen LogP contribution in [0.25, 0.3) is 0 Å². The molecule has 1 fully saturated rings. The molecule has 0 amide bonds. The highest BCUT2D eigenvalue weighted by atomic mass is 35.5. The number of rotatable bonds is 4. The monoisotopic (exact) mass is 403 g/mol. The molecule has 25 heavy (non-hydrogen) atoms. The standard InChI is InChI=1S/C16H19Cl2N3O3S/c1-11-13(12(2)24-19-11)10-20-6-8-21(9-7-20)25(22,23)16-14(17)4-3-5-15(16)18/h3-5H,6-10H2,1-2H3. The number of halogens is 2. The lowest BCUT2D eigenvalue weighted by Gasteiger charge is -2.34. The molecule has 2 aromatic rings. The molecule has 1 aromatic carbocycles. The fraction of sp³-hybridized carbons (Fsp3) is 0.438. The second kappa shape index (κ2) is 7.25. The van der Waals surface area contributed by atoms with Crippen LogP contribution >= 0.6 is 23.2 Å². The maximum absolute atomic E-state index is 12.9. The number of aromatic nitrogens is 1. The third-order valence-corrected chi connectivity index (χ3v) is 7.27. The number of sulfonamides is 1.